The first-order valence-corrected chi connectivity index (χ1v) is 11.2. The molecular formula is C21H25N5O3S. The fraction of sp³-hybridized carbons (Fsp3) is 0.476. The average Bonchev–Trinajstić information content (AvgIpc) is 3.13. The fourth-order valence-corrected chi connectivity index (χ4v) is 4.92. The Morgan fingerprint density at radius 1 is 1.27 bits per heavy atom. The van der Waals surface area contributed by atoms with E-state index < -0.39 is 0 Å². The smallest absolute Gasteiger partial charge is 0.322 e. The van der Waals surface area contributed by atoms with Crippen LogP contribution in [-0.4, -0.2) is 31.4 Å². The Hall–Kier alpha value is -2.68. The molecule has 30 heavy (non-hydrogen) atoms. The van der Waals surface area contributed by atoms with Gasteiger partial charge in [0.2, 0.25) is 11.8 Å². The van der Waals surface area contributed by atoms with Crippen LogP contribution in [0.15, 0.2) is 38.6 Å². The number of fused-ring (bicyclic) bond motifs is 1. The molecule has 0 bridgehead atoms. The zero-order chi connectivity index (χ0) is 21.3. The van der Waals surface area contributed by atoms with Crippen molar-refractivity contribution in [3.05, 3.63) is 40.5 Å². The Labute approximate surface area is 178 Å². The van der Waals surface area contributed by atoms with Crippen LogP contribution in [0.1, 0.15) is 45.0 Å². The van der Waals surface area contributed by atoms with Gasteiger partial charge in [0.15, 0.2) is 5.16 Å². The summed E-state index contributed by atoms with van der Waals surface area (Å²) in [5.41, 5.74) is 0.604. The molecule has 0 spiro atoms. The summed E-state index contributed by atoms with van der Waals surface area (Å²) in [6.45, 7) is 6.10. The van der Waals surface area contributed by atoms with E-state index in [1.807, 2.05) is 28.8 Å². The summed E-state index contributed by atoms with van der Waals surface area (Å²) in [7, 11) is 0. The molecule has 3 aromatic rings. The maximum Gasteiger partial charge on any atom is 0.322 e. The summed E-state index contributed by atoms with van der Waals surface area (Å²) in [6, 6.07) is 7.51. The number of carbonyl (C=O) groups excluding carboxylic acids is 1. The van der Waals surface area contributed by atoms with Crippen LogP contribution in [0, 0.1) is 18.8 Å². The van der Waals surface area contributed by atoms with Gasteiger partial charge in [-0.15, -0.1) is 5.10 Å². The molecule has 1 saturated carbocycles. The second-order valence-electron chi connectivity index (χ2n) is 7.88. The van der Waals surface area contributed by atoms with Crippen LogP contribution in [-0.2, 0) is 4.79 Å². The molecule has 158 valence electrons. The molecule has 1 fully saturated rings. The Bertz CT molecular complexity index is 1130. The SMILES string of the molecule is Cc1nnc(NC(=O)CSc2nc3ccccc3c(=O)n2[C@@H]2CCC[C@@H](C)[C@H]2C)o1. The first-order valence-electron chi connectivity index (χ1n) is 10.2. The quantitative estimate of drug-likeness (QED) is 0.488. The highest BCUT2D eigenvalue weighted by Crippen LogP contribution is 2.38. The van der Waals surface area contributed by atoms with Crippen molar-refractivity contribution >= 4 is 34.6 Å². The van der Waals surface area contributed by atoms with Crippen molar-refractivity contribution < 1.29 is 9.21 Å². The third-order valence-electron chi connectivity index (χ3n) is 5.88. The molecule has 8 nitrogen and oxygen atoms in total. The van der Waals surface area contributed by atoms with Gasteiger partial charge in [-0.2, -0.15) is 0 Å². The number of thioether (sulfide) groups is 1. The lowest BCUT2D eigenvalue weighted by atomic mass is 9.78. The van der Waals surface area contributed by atoms with Crippen LogP contribution >= 0.6 is 11.8 Å². The molecule has 9 heteroatoms. The molecule has 0 radical (unpaired) electrons. The van der Waals surface area contributed by atoms with E-state index in [0.717, 1.165) is 12.8 Å². The summed E-state index contributed by atoms with van der Waals surface area (Å²) in [6.07, 6.45) is 3.19. The molecule has 0 aliphatic heterocycles. The summed E-state index contributed by atoms with van der Waals surface area (Å²) < 4.78 is 7.01. The van der Waals surface area contributed by atoms with E-state index in [2.05, 4.69) is 29.4 Å². The topological polar surface area (TPSA) is 103 Å². The Balaban J connectivity index is 1.65. The second-order valence-corrected chi connectivity index (χ2v) is 8.83. The second kappa shape index (κ2) is 8.59. The van der Waals surface area contributed by atoms with Crippen LogP contribution in [0.25, 0.3) is 10.9 Å². The van der Waals surface area contributed by atoms with Crippen molar-refractivity contribution in [1.82, 2.24) is 19.7 Å². The number of aromatic nitrogens is 4. The minimum Gasteiger partial charge on any atom is -0.408 e. The first-order chi connectivity index (χ1) is 14.4. The lowest BCUT2D eigenvalue weighted by Crippen LogP contribution is -2.35. The third kappa shape index (κ3) is 4.12. The van der Waals surface area contributed by atoms with E-state index in [4.69, 9.17) is 9.40 Å². The number of para-hydroxylation sites is 1. The van der Waals surface area contributed by atoms with Gasteiger partial charge < -0.3 is 4.42 Å². The predicted molar refractivity (Wildman–Crippen MR) is 116 cm³/mol. The molecule has 1 N–H and O–H groups in total. The number of carbonyl (C=O) groups is 1. The third-order valence-corrected chi connectivity index (χ3v) is 6.83. The van der Waals surface area contributed by atoms with Gasteiger partial charge in [-0.3, -0.25) is 19.5 Å². The van der Waals surface area contributed by atoms with Crippen molar-refractivity contribution in [3.63, 3.8) is 0 Å². The molecule has 0 unspecified atom stereocenters. The molecule has 1 aliphatic carbocycles. The molecule has 1 aliphatic rings. The number of nitrogens with one attached hydrogen (secondary N) is 1. The summed E-state index contributed by atoms with van der Waals surface area (Å²) >= 11 is 1.26. The van der Waals surface area contributed by atoms with Crippen LogP contribution in [0.5, 0.6) is 0 Å². The number of hydrogen-bond donors (Lipinski definition) is 1. The highest BCUT2D eigenvalue weighted by Gasteiger charge is 2.31. The first kappa shape index (κ1) is 20.6. The molecule has 0 saturated heterocycles. The van der Waals surface area contributed by atoms with Crippen molar-refractivity contribution in [2.75, 3.05) is 11.1 Å². The van der Waals surface area contributed by atoms with Gasteiger partial charge in [0.25, 0.3) is 5.56 Å². The van der Waals surface area contributed by atoms with E-state index in [0.29, 0.717) is 33.8 Å². The van der Waals surface area contributed by atoms with Crippen molar-refractivity contribution in [2.45, 2.75) is 51.2 Å². The zero-order valence-electron chi connectivity index (χ0n) is 17.3. The standard InChI is InChI=1S/C21H25N5O3S/c1-12-7-6-10-17(13(12)2)26-19(28)15-8-4-5-9-16(15)22-21(26)30-11-18(27)23-20-25-24-14(3)29-20/h4-5,8-9,12-13,17H,6-7,10-11H2,1-3H3,(H,23,25,27)/t12-,13-,17-/m1/s1. The van der Waals surface area contributed by atoms with Gasteiger partial charge in [0.1, 0.15) is 0 Å². The van der Waals surface area contributed by atoms with Gasteiger partial charge in [-0.1, -0.05) is 55.7 Å². The number of rotatable bonds is 5. The number of hydrogen-bond acceptors (Lipinski definition) is 7. The summed E-state index contributed by atoms with van der Waals surface area (Å²) in [4.78, 5) is 30.5. The van der Waals surface area contributed by atoms with E-state index in [9.17, 15) is 9.59 Å². The summed E-state index contributed by atoms with van der Waals surface area (Å²) in [5, 5.41) is 11.2. The highest BCUT2D eigenvalue weighted by atomic mass is 32.2. The van der Waals surface area contributed by atoms with Gasteiger partial charge in [0.05, 0.1) is 16.7 Å². The van der Waals surface area contributed by atoms with E-state index in [1.165, 1.54) is 18.2 Å². The number of amides is 1. The van der Waals surface area contributed by atoms with Crippen LogP contribution in [0.4, 0.5) is 6.01 Å². The van der Waals surface area contributed by atoms with Crippen LogP contribution in [0.2, 0.25) is 0 Å². The predicted octanol–water partition coefficient (Wildman–Crippen LogP) is 3.82. The Morgan fingerprint density at radius 3 is 2.83 bits per heavy atom. The van der Waals surface area contributed by atoms with Gasteiger partial charge in [-0.05, 0) is 30.4 Å². The molecule has 1 amide bonds. The van der Waals surface area contributed by atoms with Crippen LogP contribution in [0.3, 0.4) is 0 Å². The van der Waals surface area contributed by atoms with Gasteiger partial charge in [-0.25, -0.2) is 4.98 Å². The monoisotopic (exact) mass is 427 g/mol. The normalized spacial score (nSPS) is 21.6. The van der Waals surface area contributed by atoms with Crippen molar-refractivity contribution in [1.29, 1.82) is 0 Å². The lowest BCUT2D eigenvalue weighted by molar-refractivity contribution is -0.113. The largest absolute Gasteiger partial charge is 0.408 e. The maximum absolute atomic E-state index is 13.4. The minimum atomic E-state index is -0.289. The molecule has 4 rings (SSSR count). The van der Waals surface area contributed by atoms with Gasteiger partial charge in [0, 0.05) is 13.0 Å². The zero-order valence-corrected chi connectivity index (χ0v) is 18.1. The lowest BCUT2D eigenvalue weighted by Gasteiger charge is -2.36. The number of nitrogens with zero attached hydrogens (tertiary/aromatic N) is 4. The highest BCUT2D eigenvalue weighted by molar-refractivity contribution is 7.99. The molecule has 2 aromatic heterocycles. The van der Waals surface area contributed by atoms with Crippen molar-refractivity contribution in [2.24, 2.45) is 11.8 Å². The molecule has 3 atom stereocenters. The van der Waals surface area contributed by atoms with E-state index >= 15 is 0 Å². The Kier molecular flexibility index (Phi) is 5.90. The average molecular weight is 428 g/mol. The fourth-order valence-electron chi connectivity index (χ4n) is 4.07. The molecule has 2 heterocycles. The summed E-state index contributed by atoms with van der Waals surface area (Å²) in [5.74, 6) is 1.06. The number of benzene rings is 1. The molecule has 1 aromatic carbocycles. The van der Waals surface area contributed by atoms with Crippen LogP contribution < -0.4 is 10.9 Å². The van der Waals surface area contributed by atoms with Crippen molar-refractivity contribution in [3.8, 4) is 0 Å². The number of anilines is 1. The van der Waals surface area contributed by atoms with E-state index in [1.54, 1.807) is 6.92 Å². The maximum atomic E-state index is 13.4. The Morgan fingerprint density at radius 2 is 2.07 bits per heavy atom. The van der Waals surface area contributed by atoms with Gasteiger partial charge >= 0.3 is 6.01 Å². The number of aryl methyl sites for hydroxylation is 1. The minimum absolute atomic E-state index is 0.0398. The van der Waals surface area contributed by atoms with E-state index in [-0.39, 0.29) is 29.3 Å². The molecular weight excluding hydrogens is 402 g/mol.